The summed E-state index contributed by atoms with van der Waals surface area (Å²) in [6.45, 7) is -0.841. The molecule has 0 unspecified atom stereocenters. The number of aliphatic carboxylic acids is 1. The number of amides is 1. The van der Waals surface area contributed by atoms with Crippen LogP contribution in [0.2, 0.25) is 0 Å². The van der Waals surface area contributed by atoms with Crippen molar-refractivity contribution >= 4 is 11.9 Å². The summed E-state index contributed by atoms with van der Waals surface area (Å²) < 4.78 is 25.6. The van der Waals surface area contributed by atoms with Crippen molar-refractivity contribution in [3.05, 3.63) is 35.4 Å². The SMILES string of the molecule is C#CCN(CC(=O)O)C(=O)c1ccc(F)c(F)c1. The molecule has 0 radical (unpaired) electrons. The molecule has 0 atom stereocenters. The van der Waals surface area contributed by atoms with Gasteiger partial charge in [0.15, 0.2) is 11.6 Å². The zero-order valence-corrected chi connectivity index (χ0v) is 9.19. The first-order valence-electron chi connectivity index (χ1n) is 4.85. The van der Waals surface area contributed by atoms with Gasteiger partial charge >= 0.3 is 5.97 Å². The van der Waals surface area contributed by atoms with Crippen molar-refractivity contribution in [3.8, 4) is 12.3 Å². The molecule has 4 nitrogen and oxygen atoms in total. The zero-order chi connectivity index (χ0) is 13.7. The average Bonchev–Trinajstić information content (AvgIpc) is 2.31. The molecule has 1 aromatic rings. The molecule has 0 fully saturated rings. The van der Waals surface area contributed by atoms with Crippen molar-refractivity contribution in [2.45, 2.75) is 0 Å². The van der Waals surface area contributed by atoms with Gasteiger partial charge in [-0.3, -0.25) is 9.59 Å². The lowest BCUT2D eigenvalue weighted by Gasteiger charge is -2.17. The molecule has 6 heteroatoms. The molecule has 0 aliphatic rings. The van der Waals surface area contributed by atoms with Crippen molar-refractivity contribution in [2.24, 2.45) is 0 Å². The van der Waals surface area contributed by atoms with Crippen LogP contribution in [-0.4, -0.2) is 35.0 Å². The molecule has 1 amide bonds. The van der Waals surface area contributed by atoms with Crippen LogP contribution in [0.3, 0.4) is 0 Å². The molecule has 1 N–H and O–H groups in total. The van der Waals surface area contributed by atoms with Gasteiger partial charge in [-0.2, -0.15) is 0 Å². The van der Waals surface area contributed by atoms with Crippen molar-refractivity contribution in [2.75, 3.05) is 13.1 Å². The first-order chi connectivity index (χ1) is 8.45. The Morgan fingerprint density at radius 2 is 2.00 bits per heavy atom. The summed E-state index contributed by atoms with van der Waals surface area (Å²) in [6, 6.07) is 2.55. The van der Waals surface area contributed by atoms with E-state index in [4.69, 9.17) is 11.5 Å². The topological polar surface area (TPSA) is 57.6 Å². The number of carbonyl (C=O) groups excluding carboxylic acids is 1. The molecule has 18 heavy (non-hydrogen) atoms. The highest BCUT2D eigenvalue weighted by Gasteiger charge is 2.18. The summed E-state index contributed by atoms with van der Waals surface area (Å²) >= 11 is 0. The van der Waals surface area contributed by atoms with E-state index in [2.05, 4.69) is 5.92 Å². The molecule has 0 saturated heterocycles. The van der Waals surface area contributed by atoms with Gasteiger partial charge in [0.25, 0.3) is 5.91 Å². The largest absolute Gasteiger partial charge is 0.480 e. The number of hydrogen-bond acceptors (Lipinski definition) is 2. The summed E-state index contributed by atoms with van der Waals surface area (Å²) in [6.07, 6.45) is 5.00. The van der Waals surface area contributed by atoms with Crippen molar-refractivity contribution in [1.82, 2.24) is 4.90 Å². The Kier molecular flexibility index (Phi) is 4.38. The van der Waals surface area contributed by atoms with Gasteiger partial charge in [-0.15, -0.1) is 6.42 Å². The van der Waals surface area contributed by atoms with Gasteiger partial charge < -0.3 is 10.0 Å². The van der Waals surface area contributed by atoms with Crippen LogP contribution in [0, 0.1) is 24.0 Å². The monoisotopic (exact) mass is 253 g/mol. The number of carboxylic acids is 1. The minimum Gasteiger partial charge on any atom is -0.480 e. The molecule has 0 aliphatic heterocycles. The second-order valence-corrected chi connectivity index (χ2v) is 3.39. The maximum atomic E-state index is 12.9. The quantitative estimate of drug-likeness (QED) is 0.818. The Morgan fingerprint density at radius 1 is 1.33 bits per heavy atom. The summed E-state index contributed by atoms with van der Waals surface area (Å²) in [4.78, 5) is 23.2. The molecule has 0 aliphatic carbocycles. The molecule has 94 valence electrons. The maximum Gasteiger partial charge on any atom is 0.323 e. The number of terminal acetylenes is 1. The number of rotatable bonds is 4. The van der Waals surface area contributed by atoms with Gasteiger partial charge in [-0.05, 0) is 18.2 Å². The molecular formula is C12H9F2NO3. The molecule has 0 heterocycles. The molecule has 1 aromatic carbocycles. The van der Waals surface area contributed by atoms with Crippen LogP contribution in [0.5, 0.6) is 0 Å². The number of nitrogens with zero attached hydrogens (tertiary/aromatic N) is 1. The van der Waals surface area contributed by atoms with Gasteiger partial charge in [-0.25, -0.2) is 8.78 Å². The van der Waals surface area contributed by atoms with E-state index in [0.717, 1.165) is 17.0 Å². The number of carboxylic acid groups (broad SMARTS) is 1. The lowest BCUT2D eigenvalue weighted by atomic mass is 10.2. The number of benzene rings is 1. The minimum atomic E-state index is -1.25. The predicted octanol–water partition coefficient (Wildman–Crippen LogP) is 1.12. The standard InChI is InChI=1S/C12H9F2NO3/c1-2-5-15(7-11(16)17)12(18)8-3-4-9(13)10(14)6-8/h1,3-4,6H,5,7H2,(H,16,17). The van der Waals surface area contributed by atoms with Crippen LogP contribution < -0.4 is 0 Å². The fraction of sp³-hybridized carbons (Fsp3) is 0.167. The first-order valence-corrected chi connectivity index (χ1v) is 4.85. The minimum absolute atomic E-state index is 0.162. The smallest absolute Gasteiger partial charge is 0.323 e. The Labute approximate surface area is 102 Å². The van der Waals surface area contributed by atoms with Gasteiger partial charge in [0, 0.05) is 5.56 Å². The van der Waals surface area contributed by atoms with Crippen molar-refractivity contribution < 1.29 is 23.5 Å². The highest BCUT2D eigenvalue weighted by atomic mass is 19.2. The average molecular weight is 253 g/mol. The number of halogens is 2. The van der Waals surface area contributed by atoms with Crippen LogP contribution >= 0.6 is 0 Å². The third-order valence-electron chi connectivity index (χ3n) is 2.06. The lowest BCUT2D eigenvalue weighted by molar-refractivity contribution is -0.137. The van der Waals surface area contributed by atoms with E-state index >= 15 is 0 Å². The lowest BCUT2D eigenvalue weighted by Crippen LogP contribution is -2.36. The van der Waals surface area contributed by atoms with E-state index in [0.29, 0.717) is 6.07 Å². The molecule has 0 aromatic heterocycles. The Bertz CT molecular complexity index is 523. The molecule has 0 bridgehead atoms. The van der Waals surface area contributed by atoms with Crippen LogP contribution in [-0.2, 0) is 4.79 Å². The maximum absolute atomic E-state index is 12.9. The molecule has 0 spiro atoms. The normalized spacial score (nSPS) is 9.61. The van der Waals surface area contributed by atoms with Gasteiger partial charge in [0.2, 0.25) is 0 Å². The van der Waals surface area contributed by atoms with E-state index < -0.39 is 30.1 Å². The van der Waals surface area contributed by atoms with E-state index in [-0.39, 0.29) is 12.1 Å². The van der Waals surface area contributed by atoms with Crippen LogP contribution in [0.15, 0.2) is 18.2 Å². The van der Waals surface area contributed by atoms with Crippen molar-refractivity contribution in [1.29, 1.82) is 0 Å². The Morgan fingerprint density at radius 3 is 2.50 bits per heavy atom. The Balaban J connectivity index is 2.98. The van der Waals surface area contributed by atoms with E-state index in [1.54, 1.807) is 0 Å². The van der Waals surface area contributed by atoms with E-state index in [1.165, 1.54) is 0 Å². The van der Waals surface area contributed by atoms with Crippen LogP contribution in [0.4, 0.5) is 8.78 Å². The van der Waals surface area contributed by atoms with Crippen LogP contribution in [0.25, 0.3) is 0 Å². The summed E-state index contributed by atoms with van der Waals surface area (Å²) in [5, 5.41) is 8.61. The molecule has 1 rings (SSSR count). The van der Waals surface area contributed by atoms with Gasteiger partial charge in [-0.1, -0.05) is 5.92 Å². The second-order valence-electron chi connectivity index (χ2n) is 3.39. The third kappa shape index (κ3) is 3.28. The summed E-state index contributed by atoms with van der Waals surface area (Å²) in [5.41, 5.74) is -0.162. The molecule has 0 saturated carbocycles. The summed E-state index contributed by atoms with van der Waals surface area (Å²) in [5.74, 6) is -2.17. The highest BCUT2D eigenvalue weighted by molar-refractivity contribution is 5.96. The Hall–Kier alpha value is -2.42. The third-order valence-corrected chi connectivity index (χ3v) is 2.06. The highest BCUT2D eigenvalue weighted by Crippen LogP contribution is 2.11. The van der Waals surface area contributed by atoms with Crippen LogP contribution in [0.1, 0.15) is 10.4 Å². The van der Waals surface area contributed by atoms with E-state index in [9.17, 15) is 18.4 Å². The van der Waals surface area contributed by atoms with Gasteiger partial charge in [0.05, 0.1) is 6.54 Å². The predicted molar refractivity (Wildman–Crippen MR) is 58.7 cm³/mol. The van der Waals surface area contributed by atoms with Crippen molar-refractivity contribution in [3.63, 3.8) is 0 Å². The number of carbonyl (C=O) groups is 2. The fourth-order valence-corrected chi connectivity index (χ4v) is 1.28. The second kappa shape index (κ2) is 5.77. The van der Waals surface area contributed by atoms with Gasteiger partial charge in [0.1, 0.15) is 6.54 Å². The van der Waals surface area contributed by atoms with E-state index in [1.807, 2.05) is 0 Å². The summed E-state index contributed by atoms with van der Waals surface area (Å²) in [7, 11) is 0. The fourth-order valence-electron chi connectivity index (χ4n) is 1.28. The number of hydrogen-bond donors (Lipinski definition) is 1. The molecular weight excluding hydrogens is 244 g/mol. The zero-order valence-electron chi connectivity index (χ0n) is 9.19. The first kappa shape index (κ1) is 13.6.